The Hall–Kier alpha value is -2.20. The van der Waals surface area contributed by atoms with Gasteiger partial charge in [0.2, 0.25) is 10.0 Å². The molecule has 170 valence electrons. The molecule has 2 aromatic rings. The minimum atomic E-state index is -3.46. The zero-order valence-corrected chi connectivity index (χ0v) is 19.2. The van der Waals surface area contributed by atoms with E-state index in [9.17, 15) is 23.0 Å². The lowest BCUT2D eigenvalue weighted by Crippen LogP contribution is -2.43. The maximum Gasteiger partial charge on any atom is 0.211 e. The first-order chi connectivity index (χ1) is 14.4. The topological polar surface area (TPSA) is 104 Å². The van der Waals surface area contributed by atoms with Crippen molar-refractivity contribution in [3.8, 4) is 11.3 Å². The second kappa shape index (κ2) is 10.4. The van der Waals surface area contributed by atoms with Crippen LogP contribution in [0.5, 0.6) is 0 Å². The standard InChI is InChI=1S/C22H30FN3O4S/c1-14(2)21-19(22(25-13-24-21)16-6-8-17(23)9-7-16)11-10-18(27)12-20(28)15(3)26(4)31(5,29)30/h6-11,13-15,18,20,27-28H,12H2,1-5H3/b11-10+/t15?,18-,20-/m1/s1. The summed E-state index contributed by atoms with van der Waals surface area (Å²) in [6, 6.07) is 5.26. The average Bonchev–Trinajstić information content (AvgIpc) is 2.70. The molecule has 1 aromatic heterocycles. The van der Waals surface area contributed by atoms with Gasteiger partial charge in [-0.05, 0) is 37.1 Å². The number of aromatic nitrogens is 2. The summed E-state index contributed by atoms with van der Waals surface area (Å²) in [5, 5.41) is 20.8. The zero-order valence-electron chi connectivity index (χ0n) is 18.4. The molecule has 7 nitrogen and oxygen atoms in total. The Morgan fingerprint density at radius 2 is 1.74 bits per heavy atom. The summed E-state index contributed by atoms with van der Waals surface area (Å²) in [4.78, 5) is 8.71. The summed E-state index contributed by atoms with van der Waals surface area (Å²) >= 11 is 0. The van der Waals surface area contributed by atoms with E-state index in [1.54, 1.807) is 25.1 Å². The molecule has 0 fully saturated rings. The molecule has 3 atom stereocenters. The van der Waals surface area contributed by atoms with E-state index in [0.29, 0.717) is 16.8 Å². The fourth-order valence-corrected chi connectivity index (χ4v) is 3.89. The summed E-state index contributed by atoms with van der Waals surface area (Å²) in [5.74, 6) is -0.274. The predicted molar refractivity (Wildman–Crippen MR) is 119 cm³/mol. The van der Waals surface area contributed by atoms with Crippen LogP contribution in [0.3, 0.4) is 0 Å². The fourth-order valence-electron chi connectivity index (χ4n) is 3.15. The van der Waals surface area contributed by atoms with Crippen LogP contribution in [0.4, 0.5) is 4.39 Å². The van der Waals surface area contributed by atoms with Crippen molar-refractivity contribution >= 4 is 16.1 Å². The first kappa shape index (κ1) is 25.1. The van der Waals surface area contributed by atoms with E-state index in [-0.39, 0.29) is 18.2 Å². The first-order valence-corrected chi connectivity index (χ1v) is 11.8. The van der Waals surface area contributed by atoms with Crippen molar-refractivity contribution < 1.29 is 23.0 Å². The van der Waals surface area contributed by atoms with Crippen LogP contribution in [0.15, 0.2) is 36.7 Å². The number of benzene rings is 1. The summed E-state index contributed by atoms with van der Waals surface area (Å²) in [5.41, 5.74) is 2.78. The number of rotatable bonds is 9. The Morgan fingerprint density at radius 1 is 1.13 bits per heavy atom. The number of halogens is 1. The molecule has 0 spiro atoms. The van der Waals surface area contributed by atoms with Gasteiger partial charge in [0.25, 0.3) is 0 Å². The lowest BCUT2D eigenvalue weighted by molar-refractivity contribution is 0.0618. The third kappa shape index (κ3) is 6.64. The summed E-state index contributed by atoms with van der Waals surface area (Å²) < 4.78 is 37.7. The normalized spacial score (nSPS) is 15.5. The largest absolute Gasteiger partial charge is 0.391 e. The maximum absolute atomic E-state index is 13.3. The van der Waals surface area contributed by atoms with Crippen LogP contribution < -0.4 is 0 Å². The Labute approximate surface area is 183 Å². The van der Waals surface area contributed by atoms with Crippen molar-refractivity contribution in [1.82, 2.24) is 14.3 Å². The Balaban J connectivity index is 2.29. The molecule has 1 heterocycles. The van der Waals surface area contributed by atoms with Crippen LogP contribution in [0.25, 0.3) is 17.3 Å². The minimum Gasteiger partial charge on any atom is -0.391 e. The van der Waals surface area contributed by atoms with Crippen LogP contribution in [0.1, 0.15) is 44.4 Å². The predicted octanol–water partition coefficient (Wildman–Crippen LogP) is 2.81. The molecule has 0 saturated heterocycles. The van der Waals surface area contributed by atoms with Crippen molar-refractivity contribution in [3.63, 3.8) is 0 Å². The molecule has 1 aromatic carbocycles. The average molecular weight is 452 g/mol. The molecular formula is C22H30FN3O4S. The van der Waals surface area contributed by atoms with Crippen molar-refractivity contribution in [1.29, 1.82) is 0 Å². The third-order valence-electron chi connectivity index (χ3n) is 5.20. The number of aliphatic hydroxyl groups excluding tert-OH is 2. The second-order valence-electron chi connectivity index (χ2n) is 7.93. The third-order valence-corrected chi connectivity index (χ3v) is 6.58. The zero-order chi connectivity index (χ0) is 23.3. The number of hydrogen-bond donors (Lipinski definition) is 2. The fraction of sp³-hybridized carbons (Fsp3) is 0.455. The Bertz CT molecular complexity index is 1010. The van der Waals surface area contributed by atoms with E-state index < -0.39 is 28.3 Å². The number of sulfonamides is 1. The molecule has 2 rings (SSSR count). The highest BCUT2D eigenvalue weighted by atomic mass is 32.2. The van der Waals surface area contributed by atoms with E-state index in [4.69, 9.17) is 0 Å². The summed E-state index contributed by atoms with van der Waals surface area (Å²) in [6.45, 7) is 5.55. The van der Waals surface area contributed by atoms with Gasteiger partial charge in [0.05, 0.1) is 29.9 Å². The van der Waals surface area contributed by atoms with E-state index in [1.807, 2.05) is 13.8 Å². The molecule has 0 aliphatic heterocycles. The van der Waals surface area contributed by atoms with Gasteiger partial charge in [0.1, 0.15) is 12.1 Å². The molecule has 2 N–H and O–H groups in total. The molecule has 9 heteroatoms. The van der Waals surface area contributed by atoms with Gasteiger partial charge in [0, 0.05) is 30.6 Å². The van der Waals surface area contributed by atoms with Gasteiger partial charge in [-0.1, -0.05) is 26.0 Å². The molecule has 0 bridgehead atoms. The van der Waals surface area contributed by atoms with E-state index in [0.717, 1.165) is 16.3 Å². The summed E-state index contributed by atoms with van der Waals surface area (Å²) in [6.07, 6.45) is 3.60. The first-order valence-electron chi connectivity index (χ1n) is 10.00. The molecular weight excluding hydrogens is 421 g/mol. The van der Waals surface area contributed by atoms with E-state index >= 15 is 0 Å². The second-order valence-corrected chi connectivity index (χ2v) is 9.97. The molecule has 0 aliphatic rings. The maximum atomic E-state index is 13.3. The monoisotopic (exact) mass is 451 g/mol. The van der Waals surface area contributed by atoms with E-state index in [2.05, 4.69) is 9.97 Å². The Morgan fingerprint density at radius 3 is 2.29 bits per heavy atom. The smallest absolute Gasteiger partial charge is 0.211 e. The lowest BCUT2D eigenvalue weighted by Gasteiger charge is -2.27. The Kier molecular flexibility index (Phi) is 8.41. The number of likely N-dealkylation sites (N-methyl/N-ethyl adjacent to an activating group) is 1. The molecule has 0 radical (unpaired) electrons. The highest BCUT2D eigenvalue weighted by Crippen LogP contribution is 2.28. The van der Waals surface area contributed by atoms with Gasteiger partial charge in [-0.2, -0.15) is 4.31 Å². The number of nitrogens with zero attached hydrogens (tertiary/aromatic N) is 3. The van der Waals surface area contributed by atoms with Gasteiger partial charge in [-0.15, -0.1) is 0 Å². The SMILES string of the molecule is CC(C)c1ncnc(-c2ccc(F)cc2)c1/C=C/[C@@H](O)C[C@@H](O)C(C)N(C)S(C)(=O)=O. The van der Waals surface area contributed by atoms with Crippen LogP contribution in [-0.4, -0.2) is 64.5 Å². The quantitative estimate of drug-likeness (QED) is 0.608. The highest BCUT2D eigenvalue weighted by Gasteiger charge is 2.26. The molecule has 0 amide bonds. The van der Waals surface area contributed by atoms with Gasteiger partial charge in [-0.3, -0.25) is 0 Å². The van der Waals surface area contributed by atoms with E-state index in [1.165, 1.54) is 31.6 Å². The highest BCUT2D eigenvalue weighted by molar-refractivity contribution is 7.88. The molecule has 0 saturated carbocycles. The van der Waals surface area contributed by atoms with Crippen molar-refractivity contribution in [3.05, 3.63) is 53.7 Å². The lowest BCUT2D eigenvalue weighted by atomic mass is 9.97. The van der Waals surface area contributed by atoms with Crippen LogP contribution in [-0.2, 0) is 10.0 Å². The van der Waals surface area contributed by atoms with Crippen molar-refractivity contribution in [2.45, 2.75) is 51.4 Å². The van der Waals surface area contributed by atoms with Crippen LogP contribution >= 0.6 is 0 Å². The van der Waals surface area contributed by atoms with Crippen molar-refractivity contribution in [2.24, 2.45) is 0 Å². The van der Waals surface area contributed by atoms with Crippen molar-refractivity contribution in [2.75, 3.05) is 13.3 Å². The van der Waals surface area contributed by atoms with Gasteiger partial charge < -0.3 is 10.2 Å². The van der Waals surface area contributed by atoms with Gasteiger partial charge in [-0.25, -0.2) is 22.8 Å². The number of aliphatic hydroxyl groups is 2. The number of hydrogen-bond acceptors (Lipinski definition) is 6. The summed E-state index contributed by atoms with van der Waals surface area (Å²) in [7, 11) is -2.08. The molecule has 31 heavy (non-hydrogen) atoms. The van der Waals surface area contributed by atoms with Crippen LogP contribution in [0, 0.1) is 5.82 Å². The molecule has 1 unspecified atom stereocenters. The van der Waals surface area contributed by atoms with Crippen LogP contribution in [0.2, 0.25) is 0 Å². The molecule has 0 aliphatic carbocycles. The van der Waals surface area contributed by atoms with Gasteiger partial charge >= 0.3 is 0 Å². The minimum absolute atomic E-state index is 0.0475. The van der Waals surface area contributed by atoms with Gasteiger partial charge in [0.15, 0.2) is 0 Å².